The Kier molecular flexibility index (Phi) is 3.89. The Labute approximate surface area is 123 Å². The number of anilines is 1. The number of benzene rings is 1. The molecule has 1 aliphatic rings. The molecule has 1 aromatic carbocycles. The summed E-state index contributed by atoms with van der Waals surface area (Å²) in [7, 11) is 2.11. The van der Waals surface area contributed by atoms with E-state index in [1.165, 1.54) is 0 Å². The summed E-state index contributed by atoms with van der Waals surface area (Å²) in [5.41, 5.74) is 0.961. The van der Waals surface area contributed by atoms with Crippen LogP contribution in [0.15, 0.2) is 34.9 Å². The molecule has 1 saturated heterocycles. The maximum atomic E-state index is 6.38. The van der Waals surface area contributed by atoms with Crippen LogP contribution in [-0.4, -0.2) is 48.3 Å². The molecule has 2 aromatic rings. The highest BCUT2D eigenvalue weighted by atomic mass is 35.5. The second-order valence-electron chi connectivity index (χ2n) is 5.00. The zero-order chi connectivity index (χ0) is 13.9. The van der Waals surface area contributed by atoms with E-state index in [-0.39, 0.29) is 0 Å². The number of hydrogen-bond donors (Lipinski definition) is 0. The van der Waals surface area contributed by atoms with Crippen molar-refractivity contribution in [1.29, 1.82) is 0 Å². The molecule has 106 valence electrons. The molecule has 1 atom stereocenters. The number of halogens is 1. The lowest BCUT2D eigenvalue weighted by molar-refractivity contribution is 0.308. The lowest BCUT2D eigenvalue weighted by atomic mass is 10.1. The van der Waals surface area contributed by atoms with Crippen molar-refractivity contribution < 1.29 is 4.52 Å². The molecule has 0 spiro atoms. The quantitative estimate of drug-likeness (QED) is 0.811. The first-order chi connectivity index (χ1) is 9.74. The summed E-state index contributed by atoms with van der Waals surface area (Å²) in [6.45, 7) is 3.83. The molecular weight excluding hydrogens is 276 g/mol. The molecule has 1 unspecified atom stereocenters. The van der Waals surface area contributed by atoms with Gasteiger partial charge in [-0.25, -0.2) is 0 Å². The Morgan fingerprint density at radius 1 is 1.15 bits per heavy atom. The predicted octanol–water partition coefficient (Wildman–Crippen LogP) is 2.15. The van der Waals surface area contributed by atoms with E-state index >= 15 is 0 Å². The van der Waals surface area contributed by atoms with Crippen LogP contribution in [0.5, 0.6) is 0 Å². The number of nitrogens with zero attached hydrogens (tertiary/aromatic N) is 4. The van der Waals surface area contributed by atoms with Crippen LogP contribution in [0.2, 0.25) is 0 Å². The minimum Gasteiger partial charge on any atom is -0.336 e. The number of rotatable bonds is 3. The molecule has 6 heteroatoms. The first-order valence-electron chi connectivity index (χ1n) is 6.70. The summed E-state index contributed by atoms with van der Waals surface area (Å²) in [5.74, 6) is 1.08. The van der Waals surface area contributed by atoms with Crippen molar-refractivity contribution in [3.05, 3.63) is 41.8 Å². The maximum absolute atomic E-state index is 6.38. The summed E-state index contributed by atoms with van der Waals surface area (Å²) >= 11 is 6.38. The van der Waals surface area contributed by atoms with Crippen LogP contribution in [-0.2, 0) is 0 Å². The third kappa shape index (κ3) is 2.78. The Morgan fingerprint density at radius 3 is 2.55 bits per heavy atom. The van der Waals surface area contributed by atoms with Gasteiger partial charge in [0, 0.05) is 26.2 Å². The van der Waals surface area contributed by atoms with Gasteiger partial charge in [0.05, 0.1) is 0 Å². The largest absolute Gasteiger partial charge is 0.336 e. The third-order valence-electron chi connectivity index (χ3n) is 3.53. The van der Waals surface area contributed by atoms with Gasteiger partial charge in [-0.15, -0.1) is 11.6 Å². The third-order valence-corrected chi connectivity index (χ3v) is 3.96. The highest BCUT2D eigenvalue weighted by Gasteiger charge is 2.22. The summed E-state index contributed by atoms with van der Waals surface area (Å²) in [6, 6.07) is 9.76. The molecular formula is C14H17ClN4O. The van der Waals surface area contributed by atoms with Gasteiger partial charge in [-0.1, -0.05) is 30.3 Å². The monoisotopic (exact) mass is 292 g/mol. The van der Waals surface area contributed by atoms with Crippen molar-refractivity contribution in [2.24, 2.45) is 0 Å². The fourth-order valence-electron chi connectivity index (χ4n) is 2.23. The zero-order valence-corrected chi connectivity index (χ0v) is 12.1. The minimum atomic E-state index is -0.398. The molecule has 1 fully saturated rings. The van der Waals surface area contributed by atoms with E-state index in [0.29, 0.717) is 11.8 Å². The highest BCUT2D eigenvalue weighted by Crippen LogP contribution is 2.28. The van der Waals surface area contributed by atoms with Gasteiger partial charge < -0.3 is 14.3 Å². The van der Waals surface area contributed by atoms with Gasteiger partial charge in [-0.05, 0) is 17.8 Å². The van der Waals surface area contributed by atoms with Gasteiger partial charge in [0.2, 0.25) is 0 Å². The van der Waals surface area contributed by atoms with Crippen LogP contribution in [0.3, 0.4) is 0 Å². The van der Waals surface area contributed by atoms with Gasteiger partial charge in [0.25, 0.3) is 11.8 Å². The van der Waals surface area contributed by atoms with Crippen LogP contribution < -0.4 is 4.90 Å². The molecule has 0 N–H and O–H groups in total. The van der Waals surface area contributed by atoms with E-state index in [2.05, 4.69) is 27.0 Å². The second-order valence-corrected chi connectivity index (χ2v) is 5.43. The highest BCUT2D eigenvalue weighted by molar-refractivity contribution is 6.22. The Hall–Kier alpha value is -1.59. The zero-order valence-electron chi connectivity index (χ0n) is 11.4. The molecule has 20 heavy (non-hydrogen) atoms. The van der Waals surface area contributed by atoms with E-state index in [0.717, 1.165) is 31.7 Å². The Bertz CT molecular complexity index is 551. The molecule has 1 aliphatic heterocycles. The van der Waals surface area contributed by atoms with Crippen molar-refractivity contribution in [3.8, 4) is 0 Å². The van der Waals surface area contributed by atoms with Crippen molar-refractivity contribution >= 4 is 17.5 Å². The first kappa shape index (κ1) is 13.4. The lowest BCUT2D eigenvalue weighted by Crippen LogP contribution is -2.44. The number of likely N-dealkylation sites (N-methyl/N-ethyl adjacent to an activating group) is 1. The van der Waals surface area contributed by atoms with Gasteiger partial charge in [-0.2, -0.15) is 4.98 Å². The van der Waals surface area contributed by atoms with E-state index < -0.39 is 5.38 Å². The molecule has 5 nitrogen and oxygen atoms in total. The molecule has 0 saturated carbocycles. The lowest BCUT2D eigenvalue weighted by Gasteiger charge is -2.31. The average molecular weight is 293 g/mol. The average Bonchev–Trinajstić information content (AvgIpc) is 2.98. The minimum absolute atomic E-state index is 0.398. The summed E-state index contributed by atoms with van der Waals surface area (Å²) < 4.78 is 5.31. The van der Waals surface area contributed by atoms with Gasteiger partial charge >= 0.3 is 0 Å². The SMILES string of the molecule is CN1CCN(c2noc(C(Cl)c3ccccc3)n2)CC1. The van der Waals surface area contributed by atoms with Gasteiger partial charge in [0.1, 0.15) is 5.38 Å². The molecule has 0 bridgehead atoms. The number of piperazine rings is 1. The van der Waals surface area contributed by atoms with E-state index in [4.69, 9.17) is 16.1 Å². The summed E-state index contributed by atoms with van der Waals surface area (Å²) in [5, 5.41) is 3.65. The van der Waals surface area contributed by atoms with Gasteiger partial charge in [0.15, 0.2) is 0 Å². The van der Waals surface area contributed by atoms with Crippen molar-refractivity contribution in [2.45, 2.75) is 5.38 Å². The fraction of sp³-hybridized carbons (Fsp3) is 0.429. The number of hydrogen-bond acceptors (Lipinski definition) is 5. The normalized spacial score (nSPS) is 18.2. The van der Waals surface area contributed by atoms with Gasteiger partial charge in [-0.3, -0.25) is 0 Å². The number of alkyl halides is 1. The molecule has 0 amide bonds. The van der Waals surface area contributed by atoms with Crippen LogP contribution in [0.4, 0.5) is 5.95 Å². The van der Waals surface area contributed by atoms with Crippen LogP contribution in [0.1, 0.15) is 16.8 Å². The Balaban J connectivity index is 1.73. The topological polar surface area (TPSA) is 45.4 Å². The van der Waals surface area contributed by atoms with Crippen LogP contribution in [0, 0.1) is 0 Å². The molecule has 2 heterocycles. The fourth-order valence-corrected chi connectivity index (χ4v) is 2.46. The molecule has 0 aliphatic carbocycles. The van der Waals surface area contributed by atoms with E-state index in [1.807, 2.05) is 30.3 Å². The first-order valence-corrected chi connectivity index (χ1v) is 7.14. The molecule has 1 aromatic heterocycles. The summed E-state index contributed by atoms with van der Waals surface area (Å²) in [4.78, 5) is 8.84. The van der Waals surface area contributed by atoms with Crippen molar-refractivity contribution in [3.63, 3.8) is 0 Å². The Morgan fingerprint density at radius 2 is 1.85 bits per heavy atom. The van der Waals surface area contributed by atoms with Crippen molar-refractivity contribution in [1.82, 2.24) is 15.0 Å². The predicted molar refractivity (Wildman–Crippen MR) is 78.1 cm³/mol. The maximum Gasteiger partial charge on any atom is 0.266 e. The number of aromatic nitrogens is 2. The smallest absolute Gasteiger partial charge is 0.266 e. The van der Waals surface area contributed by atoms with E-state index in [9.17, 15) is 0 Å². The van der Waals surface area contributed by atoms with E-state index in [1.54, 1.807) is 0 Å². The standard InChI is InChI=1S/C14H17ClN4O/c1-18-7-9-19(10-8-18)14-16-13(20-17-14)12(15)11-5-3-2-4-6-11/h2-6,12H,7-10H2,1H3. The molecule has 0 radical (unpaired) electrons. The van der Waals surface area contributed by atoms with Crippen LogP contribution >= 0.6 is 11.6 Å². The molecule has 3 rings (SSSR count). The van der Waals surface area contributed by atoms with Crippen molar-refractivity contribution in [2.75, 3.05) is 38.1 Å². The summed E-state index contributed by atoms with van der Waals surface area (Å²) in [6.07, 6.45) is 0. The van der Waals surface area contributed by atoms with Crippen LogP contribution in [0.25, 0.3) is 0 Å². The second kappa shape index (κ2) is 5.81.